The number of benzene rings is 2. The zero-order chi connectivity index (χ0) is 18.2. The molecule has 1 unspecified atom stereocenters. The van der Waals surface area contributed by atoms with Crippen LogP contribution in [0, 0.1) is 12.3 Å². The molecule has 0 aromatic heterocycles. The SMILES string of the molecule is CCOc1ccc(-c2ccc3c(c2)CC(C)(C)C3NC(=O)O)c(C)c1. The molecule has 0 fully saturated rings. The summed E-state index contributed by atoms with van der Waals surface area (Å²) >= 11 is 0. The number of hydrogen-bond donors (Lipinski definition) is 2. The minimum Gasteiger partial charge on any atom is -0.494 e. The number of fused-ring (bicyclic) bond motifs is 1. The highest BCUT2D eigenvalue weighted by molar-refractivity contribution is 5.71. The summed E-state index contributed by atoms with van der Waals surface area (Å²) in [5.74, 6) is 0.886. The Morgan fingerprint density at radius 2 is 2.04 bits per heavy atom. The summed E-state index contributed by atoms with van der Waals surface area (Å²) in [7, 11) is 0. The maximum Gasteiger partial charge on any atom is 0.405 e. The van der Waals surface area contributed by atoms with E-state index in [0.717, 1.165) is 23.3 Å². The number of amides is 1. The number of rotatable bonds is 4. The quantitative estimate of drug-likeness (QED) is 0.828. The van der Waals surface area contributed by atoms with Gasteiger partial charge in [-0.05, 0) is 65.6 Å². The maximum atomic E-state index is 11.1. The van der Waals surface area contributed by atoms with E-state index in [1.807, 2.05) is 13.0 Å². The summed E-state index contributed by atoms with van der Waals surface area (Å²) in [6.07, 6.45) is -0.116. The lowest BCUT2D eigenvalue weighted by molar-refractivity contribution is 0.175. The largest absolute Gasteiger partial charge is 0.494 e. The molecule has 2 aromatic carbocycles. The molecule has 1 atom stereocenters. The summed E-state index contributed by atoms with van der Waals surface area (Å²) in [5.41, 5.74) is 5.68. The third kappa shape index (κ3) is 3.34. The van der Waals surface area contributed by atoms with Crippen LogP contribution in [0.2, 0.25) is 0 Å². The van der Waals surface area contributed by atoms with Crippen molar-refractivity contribution in [3.8, 4) is 16.9 Å². The fourth-order valence-electron chi connectivity index (χ4n) is 3.83. The first-order valence-electron chi connectivity index (χ1n) is 8.68. The van der Waals surface area contributed by atoms with Gasteiger partial charge in [-0.1, -0.05) is 38.1 Å². The number of carbonyl (C=O) groups is 1. The zero-order valence-corrected chi connectivity index (χ0v) is 15.2. The van der Waals surface area contributed by atoms with E-state index in [0.29, 0.717) is 6.61 Å². The molecule has 0 aliphatic heterocycles. The molecule has 132 valence electrons. The second-order valence-electron chi connectivity index (χ2n) is 7.37. The van der Waals surface area contributed by atoms with Crippen molar-refractivity contribution < 1.29 is 14.6 Å². The highest BCUT2D eigenvalue weighted by atomic mass is 16.5. The van der Waals surface area contributed by atoms with Gasteiger partial charge >= 0.3 is 6.09 Å². The van der Waals surface area contributed by atoms with Gasteiger partial charge in [0, 0.05) is 0 Å². The standard InChI is InChI=1S/C21H25NO3/c1-5-25-16-7-9-17(13(2)10-16)14-6-8-18-15(11-14)12-21(3,4)19(18)22-20(23)24/h6-11,19,22H,5,12H2,1-4H3,(H,23,24). The third-order valence-corrected chi connectivity index (χ3v) is 4.97. The van der Waals surface area contributed by atoms with Crippen molar-refractivity contribution >= 4 is 6.09 Å². The molecule has 4 heteroatoms. The monoisotopic (exact) mass is 339 g/mol. The molecule has 1 aliphatic rings. The lowest BCUT2D eigenvalue weighted by Crippen LogP contribution is -2.34. The third-order valence-electron chi connectivity index (χ3n) is 4.97. The maximum absolute atomic E-state index is 11.1. The van der Waals surface area contributed by atoms with Crippen LogP contribution in [-0.4, -0.2) is 17.8 Å². The molecule has 1 amide bonds. The van der Waals surface area contributed by atoms with Crippen LogP contribution in [-0.2, 0) is 6.42 Å². The molecule has 3 rings (SSSR count). The van der Waals surface area contributed by atoms with Crippen molar-refractivity contribution in [2.45, 2.75) is 40.2 Å². The van der Waals surface area contributed by atoms with Crippen LogP contribution in [0.1, 0.15) is 43.5 Å². The van der Waals surface area contributed by atoms with E-state index < -0.39 is 6.09 Å². The van der Waals surface area contributed by atoms with E-state index >= 15 is 0 Å². The Labute approximate surface area is 148 Å². The summed E-state index contributed by atoms with van der Waals surface area (Å²) < 4.78 is 5.57. The Morgan fingerprint density at radius 3 is 2.68 bits per heavy atom. The number of carboxylic acid groups (broad SMARTS) is 1. The van der Waals surface area contributed by atoms with Gasteiger partial charge in [0.25, 0.3) is 0 Å². The molecule has 4 nitrogen and oxygen atoms in total. The van der Waals surface area contributed by atoms with Crippen molar-refractivity contribution in [1.82, 2.24) is 5.32 Å². The van der Waals surface area contributed by atoms with Crippen molar-refractivity contribution in [3.05, 3.63) is 53.1 Å². The average Bonchev–Trinajstić information content (AvgIpc) is 2.77. The number of ether oxygens (including phenoxy) is 1. The molecule has 2 aromatic rings. The molecule has 25 heavy (non-hydrogen) atoms. The van der Waals surface area contributed by atoms with Crippen molar-refractivity contribution in [1.29, 1.82) is 0 Å². The molecule has 0 saturated carbocycles. The van der Waals surface area contributed by atoms with Gasteiger partial charge in [-0.2, -0.15) is 0 Å². The van der Waals surface area contributed by atoms with Crippen LogP contribution in [0.25, 0.3) is 11.1 Å². The lowest BCUT2D eigenvalue weighted by Gasteiger charge is -2.27. The Morgan fingerprint density at radius 1 is 1.28 bits per heavy atom. The first-order valence-corrected chi connectivity index (χ1v) is 8.68. The van der Waals surface area contributed by atoms with Crippen molar-refractivity contribution in [2.24, 2.45) is 5.41 Å². The first kappa shape index (κ1) is 17.3. The number of aryl methyl sites for hydroxylation is 1. The minimum atomic E-state index is -0.975. The van der Waals surface area contributed by atoms with Gasteiger partial charge in [0.05, 0.1) is 12.6 Å². The topological polar surface area (TPSA) is 58.6 Å². The second-order valence-corrected chi connectivity index (χ2v) is 7.37. The molecule has 0 heterocycles. The van der Waals surface area contributed by atoms with E-state index in [2.05, 4.69) is 56.4 Å². The van der Waals surface area contributed by atoms with Crippen LogP contribution in [0.4, 0.5) is 4.79 Å². The summed E-state index contributed by atoms with van der Waals surface area (Å²) in [6.45, 7) is 8.94. The molecule has 0 radical (unpaired) electrons. The number of nitrogens with one attached hydrogen (secondary N) is 1. The summed E-state index contributed by atoms with van der Waals surface area (Å²) in [5, 5.41) is 11.8. The fourth-order valence-corrected chi connectivity index (χ4v) is 3.83. The van der Waals surface area contributed by atoms with Crippen molar-refractivity contribution in [3.63, 3.8) is 0 Å². The van der Waals surface area contributed by atoms with Crippen LogP contribution in [0.3, 0.4) is 0 Å². The van der Waals surface area contributed by atoms with Gasteiger partial charge in [0.1, 0.15) is 5.75 Å². The van der Waals surface area contributed by atoms with Crippen molar-refractivity contribution in [2.75, 3.05) is 6.61 Å². The van der Waals surface area contributed by atoms with E-state index in [1.54, 1.807) is 0 Å². The predicted octanol–water partition coefficient (Wildman–Crippen LogP) is 4.95. The zero-order valence-electron chi connectivity index (χ0n) is 15.2. The Hall–Kier alpha value is -2.49. The molecular formula is C21H25NO3. The minimum absolute atomic E-state index is 0.132. The van der Waals surface area contributed by atoms with Gasteiger partial charge in [-0.25, -0.2) is 4.79 Å². The average molecular weight is 339 g/mol. The normalized spacial score (nSPS) is 17.8. The van der Waals surface area contributed by atoms with E-state index in [4.69, 9.17) is 9.84 Å². The lowest BCUT2D eigenvalue weighted by atomic mass is 9.85. The molecule has 0 spiro atoms. The molecular weight excluding hydrogens is 314 g/mol. The van der Waals surface area contributed by atoms with Crippen LogP contribution in [0.15, 0.2) is 36.4 Å². The van der Waals surface area contributed by atoms with Gasteiger partial charge in [-0.3, -0.25) is 0 Å². The second kappa shape index (κ2) is 6.43. The van der Waals surface area contributed by atoms with Crippen LogP contribution in [0.5, 0.6) is 5.75 Å². The summed E-state index contributed by atoms with van der Waals surface area (Å²) in [4.78, 5) is 11.1. The van der Waals surface area contributed by atoms with Crippen LogP contribution >= 0.6 is 0 Å². The highest BCUT2D eigenvalue weighted by Gasteiger charge is 2.40. The smallest absolute Gasteiger partial charge is 0.405 e. The van der Waals surface area contributed by atoms with E-state index in [1.165, 1.54) is 16.7 Å². The van der Waals surface area contributed by atoms with E-state index in [9.17, 15) is 4.79 Å². The van der Waals surface area contributed by atoms with Gasteiger partial charge in [-0.15, -0.1) is 0 Å². The number of hydrogen-bond acceptors (Lipinski definition) is 2. The molecule has 0 bridgehead atoms. The summed E-state index contributed by atoms with van der Waals surface area (Å²) in [6, 6.07) is 12.3. The molecule has 1 aliphatic carbocycles. The van der Waals surface area contributed by atoms with Gasteiger partial charge in [0.15, 0.2) is 0 Å². The van der Waals surface area contributed by atoms with E-state index in [-0.39, 0.29) is 11.5 Å². The van der Waals surface area contributed by atoms with Gasteiger partial charge in [0.2, 0.25) is 0 Å². The first-order chi connectivity index (χ1) is 11.8. The Kier molecular flexibility index (Phi) is 4.46. The highest BCUT2D eigenvalue weighted by Crippen LogP contribution is 2.46. The molecule has 0 saturated heterocycles. The Bertz CT molecular complexity index is 811. The Balaban J connectivity index is 1.97. The fraction of sp³-hybridized carbons (Fsp3) is 0.381. The molecule has 2 N–H and O–H groups in total. The van der Waals surface area contributed by atoms with Crippen LogP contribution < -0.4 is 10.1 Å². The van der Waals surface area contributed by atoms with Gasteiger partial charge < -0.3 is 15.2 Å². The predicted molar refractivity (Wildman–Crippen MR) is 99.2 cm³/mol.